The van der Waals surface area contributed by atoms with Crippen molar-refractivity contribution in [3.8, 4) is 0 Å². The summed E-state index contributed by atoms with van der Waals surface area (Å²) in [7, 11) is 0. The number of fused-ring (bicyclic) bond motifs is 1. The Kier molecular flexibility index (Phi) is 6.01. The van der Waals surface area contributed by atoms with Crippen molar-refractivity contribution in [2.45, 2.75) is 38.1 Å². The molecule has 1 atom stereocenters. The van der Waals surface area contributed by atoms with Crippen molar-refractivity contribution in [1.82, 2.24) is 4.90 Å². The van der Waals surface area contributed by atoms with Gasteiger partial charge in [0.05, 0.1) is 0 Å². The van der Waals surface area contributed by atoms with E-state index in [0.717, 1.165) is 6.54 Å². The molecule has 0 fully saturated rings. The van der Waals surface area contributed by atoms with E-state index >= 15 is 0 Å². The van der Waals surface area contributed by atoms with E-state index < -0.39 is 0 Å². The first-order chi connectivity index (χ1) is 13.4. The van der Waals surface area contributed by atoms with E-state index in [1.807, 2.05) is 0 Å². The zero-order valence-electron chi connectivity index (χ0n) is 16.1. The third kappa shape index (κ3) is 4.67. The van der Waals surface area contributed by atoms with Gasteiger partial charge in [-0.25, -0.2) is 0 Å². The second kappa shape index (κ2) is 9.01. The van der Waals surface area contributed by atoms with E-state index in [-0.39, 0.29) is 0 Å². The highest BCUT2D eigenvalue weighted by atomic mass is 15.1. The van der Waals surface area contributed by atoms with Crippen molar-refractivity contribution in [3.05, 3.63) is 107 Å². The molecule has 1 aliphatic rings. The minimum absolute atomic E-state index is 0.525. The summed E-state index contributed by atoms with van der Waals surface area (Å²) in [4.78, 5) is 2.66. The number of benzene rings is 3. The van der Waals surface area contributed by atoms with Crippen LogP contribution in [0.25, 0.3) is 0 Å². The lowest BCUT2D eigenvalue weighted by molar-refractivity contribution is 0.261. The number of hydrogen-bond acceptors (Lipinski definition) is 1. The zero-order valence-corrected chi connectivity index (χ0v) is 16.1. The maximum atomic E-state index is 2.66. The van der Waals surface area contributed by atoms with Crippen LogP contribution in [-0.4, -0.2) is 18.0 Å². The van der Waals surface area contributed by atoms with E-state index in [4.69, 9.17) is 0 Å². The third-order valence-corrected chi connectivity index (χ3v) is 5.79. The number of nitrogens with zero attached hydrogens (tertiary/aromatic N) is 1. The van der Waals surface area contributed by atoms with Crippen LogP contribution in [0.1, 0.15) is 47.4 Å². The molecule has 3 aromatic rings. The van der Waals surface area contributed by atoms with Crippen LogP contribution in [-0.2, 0) is 13.0 Å². The van der Waals surface area contributed by atoms with Gasteiger partial charge in [0.15, 0.2) is 0 Å². The van der Waals surface area contributed by atoms with E-state index in [1.54, 1.807) is 0 Å². The molecule has 0 bridgehead atoms. The summed E-state index contributed by atoms with van der Waals surface area (Å²) in [6.45, 7) is 3.47. The molecular weight excluding hydrogens is 326 g/mol. The van der Waals surface area contributed by atoms with Crippen LogP contribution in [0.5, 0.6) is 0 Å². The molecule has 0 radical (unpaired) electrons. The molecule has 1 heterocycles. The van der Waals surface area contributed by atoms with Gasteiger partial charge in [0, 0.05) is 12.5 Å². The molecule has 0 saturated heterocycles. The van der Waals surface area contributed by atoms with E-state index in [0.29, 0.717) is 5.92 Å². The molecule has 4 rings (SSSR count). The summed E-state index contributed by atoms with van der Waals surface area (Å²) in [6, 6.07) is 31.0. The average molecular weight is 356 g/mol. The Morgan fingerprint density at radius 3 is 2.26 bits per heavy atom. The summed E-state index contributed by atoms with van der Waals surface area (Å²) in [5.74, 6) is 0.525. The molecular formula is C26H29N. The predicted octanol–water partition coefficient (Wildman–Crippen LogP) is 6.05. The largest absolute Gasteiger partial charge is 0.299 e. The van der Waals surface area contributed by atoms with Gasteiger partial charge < -0.3 is 0 Å². The highest BCUT2D eigenvalue weighted by molar-refractivity contribution is 5.38. The zero-order chi connectivity index (χ0) is 18.3. The van der Waals surface area contributed by atoms with Crippen LogP contribution in [0.2, 0.25) is 0 Å². The molecule has 27 heavy (non-hydrogen) atoms. The van der Waals surface area contributed by atoms with Crippen molar-refractivity contribution in [3.63, 3.8) is 0 Å². The van der Waals surface area contributed by atoms with Crippen LogP contribution in [0.4, 0.5) is 0 Å². The van der Waals surface area contributed by atoms with Crippen LogP contribution in [0, 0.1) is 0 Å². The number of unbranched alkanes of at least 4 members (excludes halogenated alkanes) is 1. The van der Waals surface area contributed by atoms with Crippen molar-refractivity contribution >= 4 is 0 Å². The molecule has 3 aromatic carbocycles. The fraction of sp³-hybridized carbons (Fsp3) is 0.308. The molecule has 0 amide bonds. The highest BCUT2D eigenvalue weighted by Gasteiger charge is 2.23. The first-order valence-electron chi connectivity index (χ1n) is 10.3. The maximum Gasteiger partial charge on any atom is 0.0236 e. The average Bonchev–Trinajstić information content (AvgIpc) is 2.92. The Balaban J connectivity index is 1.39. The van der Waals surface area contributed by atoms with Gasteiger partial charge in [0.2, 0.25) is 0 Å². The molecule has 1 nitrogen and oxygen atoms in total. The highest BCUT2D eigenvalue weighted by Crippen LogP contribution is 2.33. The number of rotatable bonds is 6. The van der Waals surface area contributed by atoms with Crippen LogP contribution in [0.3, 0.4) is 0 Å². The first kappa shape index (κ1) is 18.0. The lowest BCUT2D eigenvalue weighted by Crippen LogP contribution is -2.24. The second-order valence-electron chi connectivity index (χ2n) is 7.67. The number of aryl methyl sites for hydroxylation is 1. The Morgan fingerprint density at radius 2 is 1.44 bits per heavy atom. The van der Waals surface area contributed by atoms with E-state index in [1.165, 1.54) is 61.0 Å². The summed E-state index contributed by atoms with van der Waals surface area (Å²) in [6.07, 6.45) is 4.94. The van der Waals surface area contributed by atoms with Gasteiger partial charge in [-0.1, -0.05) is 84.9 Å². The minimum atomic E-state index is 0.525. The first-order valence-corrected chi connectivity index (χ1v) is 10.3. The van der Waals surface area contributed by atoms with Gasteiger partial charge >= 0.3 is 0 Å². The van der Waals surface area contributed by atoms with E-state index in [2.05, 4.69) is 89.8 Å². The van der Waals surface area contributed by atoms with Crippen molar-refractivity contribution in [2.24, 2.45) is 0 Å². The van der Waals surface area contributed by atoms with Gasteiger partial charge in [-0.05, 0) is 61.0 Å². The fourth-order valence-electron chi connectivity index (χ4n) is 4.34. The topological polar surface area (TPSA) is 3.24 Å². The molecule has 0 aromatic heterocycles. The summed E-state index contributed by atoms with van der Waals surface area (Å²) >= 11 is 0. The molecule has 0 saturated carbocycles. The third-order valence-electron chi connectivity index (χ3n) is 5.79. The van der Waals surface area contributed by atoms with Crippen molar-refractivity contribution in [2.75, 3.05) is 13.1 Å². The molecule has 0 N–H and O–H groups in total. The summed E-state index contributed by atoms with van der Waals surface area (Å²) in [5, 5.41) is 0. The predicted molar refractivity (Wildman–Crippen MR) is 114 cm³/mol. The summed E-state index contributed by atoms with van der Waals surface area (Å²) in [5.41, 5.74) is 5.95. The molecule has 0 spiro atoms. The SMILES string of the molecule is c1ccc(CCCCN2CCC(c3ccccc3)c3ccccc3C2)cc1. The van der Waals surface area contributed by atoms with Gasteiger partial charge in [0.1, 0.15) is 0 Å². The maximum absolute atomic E-state index is 2.66. The lowest BCUT2D eigenvalue weighted by atomic mass is 9.87. The monoisotopic (exact) mass is 355 g/mol. The molecule has 0 aliphatic carbocycles. The van der Waals surface area contributed by atoms with E-state index in [9.17, 15) is 0 Å². The van der Waals surface area contributed by atoms with Crippen LogP contribution in [0.15, 0.2) is 84.9 Å². The standard InChI is InChI=1S/C26H29N/c1-3-11-22(12-4-1)13-9-10-19-27-20-18-26(23-14-5-2-6-15-23)25-17-8-7-16-24(25)21-27/h1-8,11-12,14-17,26H,9-10,13,18-21H2. The quantitative estimate of drug-likeness (QED) is 0.487. The summed E-state index contributed by atoms with van der Waals surface area (Å²) < 4.78 is 0. The van der Waals surface area contributed by atoms with Crippen molar-refractivity contribution in [1.29, 1.82) is 0 Å². The Bertz CT molecular complexity index is 825. The molecule has 1 heteroatoms. The Hall–Kier alpha value is -2.38. The molecule has 138 valence electrons. The molecule has 1 unspecified atom stereocenters. The lowest BCUT2D eigenvalue weighted by Gasteiger charge is -2.20. The minimum Gasteiger partial charge on any atom is -0.299 e. The van der Waals surface area contributed by atoms with Gasteiger partial charge in [0.25, 0.3) is 0 Å². The Labute approximate surface area is 163 Å². The second-order valence-corrected chi connectivity index (χ2v) is 7.67. The van der Waals surface area contributed by atoms with Crippen LogP contribution >= 0.6 is 0 Å². The number of hydrogen-bond donors (Lipinski definition) is 0. The normalized spacial score (nSPS) is 17.3. The van der Waals surface area contributed by atoms with Gasteiger partial charge in [-0.2, -0.15) is 0 Å². The van der Waals surface area contributed by atoms with Gasteiger partial charge in [-0.3, -0.25) is 4.90 Å². The molecule has 1 aliphatic heterocycles. The smallest absolute Gasteiger partial charge is 0.0236 e. The van der Waals surface area contributed by atoms with Crippen molar-refractivity contribution < 1.29 is 0 Å². The van der Waals surface area contributed by atoms with Gasteiger partial charge in [-0.15, -0.1) is 0 Å². The fourth-order valence-corrected chi connectivity index (χ4v) is 4.34. The van der Waals surface area contributed by atoms with Crippen LogP contribution < -0.4 is 0 Å². The Morgan fingerprint density at radius 1 is 0.741 bits per heavy atom.